The number of rotatable bonds is 9. The summed E-state index contributed by atoms with van der Waals surface area (Å²) < 4.78 is 0. The quantitative estimate of drug-likeness (QED) is 0.164. The van der Waals surface area contributed by atoms with E-state index in [2.05, 4.69) is 68.7 Å². The molecule has 0 saturated carbocycles. The fourth-order valence-electron chi connectivity index (χ4n) is 5.74. The van der Waals surface area contributed by atoms with E-state index < -0.39 is 0 Å². The molecule has 0 amide bonds. The number of hydrogen-bond acceptors (Lipinski definition) is 7. The molecule has 1 aliphatic rings. The molecular weight excluding hydrogens is 524 g/mol. The molecule has 0 bridgehead atoms. The average molecular weight is 557 g/mol. The molecular formula is C34H32N6O2. The molecule has 0 atom stereocenters. The molecule has 0 spiro atoms. The van der Waals surface area contributed by atoms with Crippen LogP contribution < -0.4 is 10.2 Å². The second kappa shape index (κ2) is 12.6. The molecule has 1 N–H and O–H groups in total. The van der Waals surface area contributed by atoms with Gasteiger partial charge in [-0.1, -0.05) is 121 Å². The van der Waals surface area contributed by atoms with Crippen LogP contribution in [0.2, 0.25) is 0 Å². The van der Waals surface area contributed by atoms with Gasteiger partial charge < -0.3 is 10.2 Å². The first kappa shape index (κ1) is 27.1. The van der Waals surface area contributed by atoms with Crippen LogP contribution in [0.25, 0.3) is 0 Å². The Morgan fingerprint density at radius 3 is 1.55 bits per heavy atom. The van der Waals surface area contributed by atoms with E-state index in [1.54, 1.807) is 0 Å². The molecule has 1 aliphatic heterocycles. The minimum Gasteiger partial charge on any atom is -0.353 e. The molecule has 210 valence electrons. The largest absolute Gasteiger partial charge is 0.353 e. The Balaban J connectivity index is 1.28. The highest BCUT2D eigenvalue weighted by molar-refractivity contribution is 5.71. The summed E-state index contributed by atoms with van der Waals surface area (Å²) in [5.41, 5.74) is 4.32. The van der Waals surface area contributed by atoms with Crippen LogP contribution in [0.15, 0.2) is 128 Å². The summed E-state index contributed by atoms with van der Waals surface area (Å²) in [5.74, 6) is 0.546. The molecule has 42 heavy (non-hydrogen) atoms. The van der Waals surface area contributed by atoms with Gasteiger partial charge in [0.05, 0.1) is 17.0 Å². The third kappa shape index (κ3) is 5.84. The standard InChI is InChI=1S/C34H32N6O2/c41-40(42)32-33(37-30(26-13-5-1-6-14-26)27-15-7-2-8-16-27)35-25-36-34(32)39-23-21-38(22-24-39)31(28-17-9-3-10-18-28)29-19-11-4-12-20-29/h1-20,25,30-31H,21-24H2,(H,35,36,37). The SMILES string of the molecule is O=[N+]([O-])c1c(NC(c2ccccc2)c2ccccc2)ncnc1N1CCN(C(c2ccccc2)c2ccccc2)CC1. The van der Waals surface area contributed by atoms with Crippen LogP contribution in [-0.4, -0.2) is 46.0 Å². The van der Waals surface area contributed by atoms with E-state index >= 15 is 0 Å². The Morgan fingerprint density at radius 2 is 1.10 bits per heavy atom. The second-order valence-corrected chi connectivity index (χ2v) is 10.3. The molecule has 0 unspecified atom stereocenters. The summed E-state index contributed by atoms with van der Waals surface area (Å²) in [6.45, 7) is 2.67. The minimum absolute atomic E-state index is 0.102. The molecule has 1 aromatic heterocycles. The predicted molar refractivity (Wildman–Crippen MR) is 166 cm³/mol. The topological polar surface area (TPSA) is 87.4 Å². The third-order valence-electron chi connectivity index (χ3n) is 7.74. The molecule has 1 fully saturated rings. The summed E-state index contributed by atoms with van der Waals surface area (Å²) in [6, 6.07) is 40.5. The maximum absolute atomic E-state index is 12.5. The minimum atomic E-state index is -0.367. The number of piperazine rings is 1. The normalized spacial score (nSPS) is 13.8. The lowest BCUT2D eigenvalue weighted by molar-refractivity contribution is -0.383. The van der Waals surface area contributed by atoms with Gasteiger partial charge in [0, 0.05) is 26.2 Å². The van der Waals surface area contributed by atoms with E-state index in [0.29, 0.717) is 18.9 Å². The lowest BCUT2D eigenvalue weighted by Gasteiger charge is -2.40. The first-order valence-corrected chi connectivity index (χ1v) is 14.1. The monoisotopic (exact) mass is 556 g/mol. The van der Waals surface area contributed by atoms with Gasteiger partial charge in [-0.25, -0.2) is 9.97 Å². The van der Waals surface area contributed by atoms with Crippen LogP contribution >= 0.6 is 0 Å². The van der Waals surface area contributed by atoms with Gasteiger partial charge in [0.15, 0.2) is 0 Å². The number of nitrogens with zero attached hydrogens (tertiary/aromatic N) is 5. The summed E-state index contributed by atoms with van der Waals surface area (Å²) in [7, 11) is 0. The van der Waals surface area contributed by atoms with E-state index in [1.807, 2.05) is 77.7 Å². The number of nitro groups is 1. The first-order valence-electron chi connectivity index (χ1n) is 14.1. The van der Waals surface area contributed by atoms with Crippen molar-refractivity contribution < 1.29 is 4.92 Å². The Labute approximate surface area is 245 Å². The van der Waals surface area contributed by atoms with Crippen molar-refractivity contribution in [1.29, 1.82) is 0 Å². The maximum atomic E-state index is 12.5. The fourth-order valence-corrected chi connectivity index (χ4v) is 5.74. The zero-order valence-electron chi connectivity index (χ0n) is 23.2. The Hall–Kier alpha value is -5.08. The lowest BCUT2D eigenvalue weighted by atomic mass is 9.96. The van der Waals surface area contributed by atoms with Gasteiger partial charge in [-0.2, -0.15) is 0 Å². The van der Waals surface area contributed by atoms with Gasteiger partial charge in [0.25, 0.3) is 0 Å². The van der Waals surface area contributed by atoms with Crippen LogP contribution in [0, 0.1) is 10.1 Å². The van der Waals surface area contributed by atoms with Crippen LogP contribution in [0.3, 0.4) is 0 Å². The molecule has 1 saturated heterocycles. The molecule has 6 rings (SSSR count). The van der Waals surface area contributed by atoms with Gasteiger partial charge in [-0.3, -0.25) is 15.0 Å². The zero-order valence-corrected chi connectivity index (χ0v) is 23.2. The van der Waals surface area contributed by atoms with Crippen molar-refractivity contribution >= 4 is 17.3 Å². The number of benzene rings is 4. The number of aromatic nitrogens is 2. The van der Waals surface area contributed by atoms with Crippen molar-refractivity contribution in [2.75, 3.05) is 36.4 Å². The lowest BCUT2D eigenvalue weighted by Crippen LogP contribution is -2.48. The van der Waals surface area contributed by atoms with E-state index in [1.165, 1.54) is 17.5 Å². The third-order valence-corrected chi connectivity index (χ3v) is 7.74. The van der Waals surface area contributed by atoms with Crippen LogP contribution in [0.5, 0.6) is 0 Å². The van der Waals surface area contributed by atoms with Gasteiger partial charge in [0.2, 0.25) is 11.6 Å². The summed E-state index contributed by atoms with van der Waals surface area (Å²) in [5, 5.41) is 15.9. The highest BCUT2D eigenvalue weighted by Crippen LogP contribution is 2.37. The van der Waals surface area contributed by atoms with E-state index in [4.69, 9.17) is 0 Å². The van der Waals surface area contributed by atoms with Gasteiger partial charge in [-0.05, 0) is 22.3 Å². The molecule has 5 aromatic rings. The van der Waals surface area contributed by atoms with Crippen LogP contribution in [0.1, 0.15) is 34.3 Å². The van der Waals surface area contributed by atoms with Crippen molar-refractivity contribution in [1.82, 2.24) is 14.9 Å². The van der Waals surface area contributed by atoms with Crippen molar-refractivity contribution in [3.8, 4) is 0 Å². The average Bonchev–Trinajstić information content (AvgIpc) is 3.06. The van der Waals surface area contributed by atoms with Gasteiger partial charge in [0.1, 0.15) is 6.33 Å². The van der Waals surface area contributed by atoms with Gasteiger partial charge >= 0.3 is 5.69 Å². The molecule has 4 aromatic carbocycles. The maximum Gasteiger partial charge on any atom is 0.353 e. The predicted octanol–water partition coefficient (Wildman–Crippen LogP) is 6.50. The van der Waals surface area contributed by atoms with Crippen molar-refractivity contribution in [3.05, 3.63) is 160 Å². The van der Waals surface area contributed by atoms with E-state index in [0.717, 1.165) is 24.2 Å². The number of nitrogens with one attached hydrogen (secondary N) is 1. The van der Waals surface area contributed by atoms with Crippen molar-refractivity contribution in [2.45, 2.75) is 12.1 Å². The summed E-state index contributed by atoms with van der Waals surface area (Å²) in [4.78, 5) is 25.4. The van der Waals surface area contributed by atoms with Crippen LogP contribution in [-0.2, 0) is 0 Å². The Kier molecular flexibility index (Phi) is 8.14. The molecule has 8 nitrogen and oxygen atoms in total. The summed E-state index contributed by atoms with van der Waals surface area (Å²) >= 11 is 0. The molecule has 8 heteroatoms. The number of anilines is 2. The summed E-state index contributed by atoms with van der Waals surface area (Å²) in [6.07, 6.45) is 1.42. The van der Waals surface area contributed by atoms with Crippen LogP contribution in [0.4, 0.5) is 17.3 Å². The first-order chi connectivity index (χ1) is 20.7. The Bertz CT molecular complexity index is 1520. The van der Waals surface area contributed by atoms with E-state index in [-0.39, 0.29) is 28.5 Å². The zero-order chi connectivity index (χ0) is 28.7. The molecule has 0 aliphatic carbocycles. The molecule has 2 heterocycles. The van der Waals surface area contributed by atoms with E-state index in [9.17, 15) is 10.1 Å². The van der Waals surface area contributed by atoms with Gasteiger partial charge in [-0.15, -0.1) is 0 Å². The number of hydrogen-bond donors (Lipinski definition) is 1. The van der Waals surface area contributed by atoms with Crippen molar-refractivity contribution in [2.24, 2.45) is 0 Å². The smallest absolute Gasteiger partial charge is 0.353 e. The second-order valence-electron chi connectivity index (χ2n) is 10.3. The fraction of sp³-hybridized carbons (Fsp3) is 0.176. The Morgan fingerprint density at radius 1 is 0.643 bits per heavy atom. The highest BCUT2D eigenvalue weighted by atomic mass is 16.6. The highest BCUT2D eigenvalue weighted by Gasteiger charge is 2.33. The molecule has 0 radical (unpaired) electrons. The van der Waals surface area contributed by atoms with Crippen molar-refractivity contribution in [3.63, 3.8) is 0 Å².